The van der Waals surface area contributed by atoms with Crippen molar-refractivity contribution >= 4 is 5.91 Å². The maximum atomic E-state index is 13.9. The van der Waals surface area contributed by atoms with Gasteiger partial charge in [-0.25, -0.2) is 4.39 Å². The van der Waals surface area contributed by atoms with Crippen LogP contribution in [0.5, 0.6) is 0 Å². The van der Waals surface area contributed by atoms with Gasteiger partial charge < -0.3 is 10.6 Å². The lowest BCUT2D eigenvalue weighted by Gasteiger charge is -2.33. The molecule has 1 fully saturated rings. The third kappa shape index (κ3) is 3.17. The minimum absolute atomic E-state index is 0.0996. The van der Waals surface area contributed by atoms with E-state index in [1.165, 1.54) is 12.1 Å². The first-order valence-electron chi connectivity index (χ1n) is 6.93. The van der Waals surface area contributed by atoms with Crippen molar-refractivity contribution in [1.82, 2.24) is 4.90 Å². The number of likely N-dealkylation sites (tertiary alicyclic amines) is 1. The molecule has 0 aliphatic carbocycles. The van der Waals surface area contributed by atoms with Crippen molar-refractivity contribution in [1.29, 1.82) is 0 Å². The summed E-state index contributed by atoms with van der Waals surface area (Å²) in [4.78, 5) is 14.2. The molecule has 1 unspecified atom stereocenters. The Hall–Kier alpha value is -1.86. The molecule has 1 aromatic carbocycles. The summed E-state index contributed by atoms with van der Waals surface area (Å²) in [5.74, 6) is 4.80. The first-order valence-corrected chi connectivity index (χ1v) is 6.93. The molecule has 1 saturated heterocycles. The number of hydrogen-bond donors (Lipinski definition) is 1. The van der Waals surface area contributed by atoms with Crippen molar-refractivity contribution in [2.45, 2.75) is 32.2 Å². The van der Waals surface area contributed by atoms with Crippen LogP contribution in [0.1, 0.15) is 42.1 Å². The molecule has 106 valence electrons. The zero-order valence-corrected chi connectivity index (χ0v) is 11.7. The van der Waals surface area contributed by atoms with Gasteiger partial charge in [-0.1, -0.05) is 11.8 Å². The summed E-state index contributed by atoms with van der Waals surface area (Å²) in [6, 6.07) is 4.53. The minimum atomic E-state index is -0.494. The summed E-state index contributed by atoms with van der Waals surface area (Å²) in [5.41, 5.74) is 6.03. The predicted molar refractivity (Wildman–Crippen MR) is 76.7 cm³/mol. The lowest BCUT2D eigenvalue weighted by atomic mass is 10.0. The number of hydrogen-bond acceptors (Lipinski definition) is 2. The van der Waals surface area contributed by atoms with Crippen molar-refractivity contribution in [2.24, 2.45) is 5.73 Å². The highest BCUT2D eigenvalue weighted by molar-refractivity contribution is 5.95. The third-order valence-corrected chi connectivity index (χ3v) is 3.60. The molecule has 0 radical (unpaired) electrons. The molecular weight excluding hydrogens is 255 g/mol. The molecule has 0 spiro atoms. The van der Waals surface area contributed by atoms with Crippen LogP contribution < -0.4 is 5.73 Å². The quantitative estimate of drug-likeness (QED) is 0.798. The average molecular weight is 274 g/mol. The summed E-state index contributed by atoms with van der Waals surface area (Å²) in [7, 11) is 0. The summed E-state index contributed by atoms with van der Waals surface area (Å²) in [5, 5.41) is 0. The number of nitrogens with zero attached hydrogens (tertiary/aromatic N) is 1. The Labute approximate surface area is 119 Å². The Kier molecular flexibility index (Phi) is 4.75. The second kappa shape index (κ2) is 6.53. The maximum absolute atomic E-state index is 13.9. The summed E-state index contributed by atoms with van der Waals surface area (Å²) < 4.78 is 13.9. The molecule has 0 aromatic heterocycles. The molecule has 1 aliphatic rings. The number of piperidine rings is 1. The van der Waals surface area contributed by atoms with Gasteiger partial charge in [0, 0.05) is 18.2 Å². The lowest BCUT2D eigenvalue weighted by molar-refractivity contribution is 0.0631. The van der Waals surface area contributed by atoms with E-state index in [0.29, 0.717) is 12.1 Å². The van der Waals surface area contributed by atoms with Crippen LogP contribution in [0, 0.1) is 17.7 Å². The minimum Gasteiger partial charge on any atom is -0.336 e. The molecule has 1 heterocycles. The molecular formula is C16H19FN2O. The van der Waals surface area contributed by atoms with Gasteiger partial charge in [-0.2, -0.15) is 0 Å². The van der Waals surface area contributed by atoms with Crippen LogP contribution in [-0.4, -0.2) is 29.9 Å². The normalized spacial score (nSPS) is 18.4. The third-order valence-electron chi connectivity index (χ3n) is 3.60. The van der Waals surface area contributed by atoms with E-state index in [-0.39, 0.29) is 24.1 Å². The van der Waals surface area contributed by atoms with E-state index in [4.69, 9.17) is 5.73 Å². The van der Waals surface area contributed by atoms with Crippen molar-refractivity contribution in [3.8, 4) is 11.8 Å². The summed E-state index contributed by atoms with van der Waals surface area (Å²) in [6.45, 7) is 2.94. The Morgan fingerprint density at radius 3 is 3.00 bits per heavy atom. The molecule has 4 heteroatoms. The zero-order chi connectivity index (χ0) is 14.5. The molecule has 20 heavy (non-hydrogen) atoms. The van der Waals surface area contributed by atoms with Gasteiger partial charge in [0.05, 0.1) is 12.1 Å². The van der Waals surface area contributed by atoms with E-state index in [9.17, 15) is 9.18 Å². The van der Waals surface area contributed by atoms with Gasteiger partial charge in [0.15, 0.2) is 0 Å². The number of halogens is 1. The summed E-state index contributed by atoms with van der Waals surface area (Å²) >= 11 is 0. The Bertz CT molecular complexity index is 559. The van der Waals surface area contributed by atoms with Crippen LogP contribution in [-0.2, 0) is 0 Å². The van der Waals surface area contributed by atoms with Gasteiger partial charge >= 0.3 is 0 Å². The highest BCUT2D eigenvalue weighted by Gasteiger charge is 2.26. The van der Waals surface area contributed by atoms with Gasteiger partial charge in [0.2, 0.25) is 0 Å². The largest absolute Gasteiger partial charge is 0.336 e. The standard InChI is InChI=1S/C16H19FN2O/c1-12-5-2-3-10-19(12)16(20)14-11-13(6-4-9-18)7-8-15(14)17/h7-8,11-12H,2-3,5,9-10,18H2,1H3. The molecule has 1 amide bonds. The van der Waals surface area contributed by atoms with E-state index in [1.807, 2.05) is 6.92 Å². The van der Waals surface area contributed by atoms with Crippen molar-refractivity contribution in [3.63, 3.8) is 0 Å². The Morgan fingerprint density at radius 2 is 2.30 bits per heavy atom. The summed E-state index contributed by atoms with van der Waals surface area (Å²) in [6.07, 6.45) is 3.07. The first-order chi connectivity index (χ1) is 9.63. The fraction of sp³-hybridized carbons (Fsp3) is 0.438. The first kappa shape index (κ1) is 14.5. The molecule has 3 nitrogen and oxygen atoms in total. The van der Waals surface area contributed by atoms with E-state index in [1.54, 1.807) is 11.0 Å². The van der Waals surface area contributed by atoms with Gasteiger partial charge in [0.1, 0.15) is 5.82 Å². The highest BCUT2D eigenvalue weighted by atomic mass is 19.1. The van der Waals surface area contributed by atoms with Crippen molar-refractivity contribution in [2.75, 3.05) is 13.1 Å². The van der Waals surface area contributed by atoms with Crippen LogP contribution in [0.15, 0.2) is 18.2 Å². The topological polar surface area (TPSA) is 46.3 Å². The highest BCUT2D eigenvalue weighted by Crippen LogP contribution is 2.21. The van der Waals surface area contributed by atoms with Crippen LogP contribution >= 0.6 is 0 Å². The monoisotopic (exact) mass is 274 g/mol. The molecule has 1 aliphatic heterocycles. The number of benzene rings is 1. The van der Waals surface area contributed by atoms with Crippen LogP contribution in [0.25, 0.3) is 0 Å². The van der Waals surface area contributed by atoms with Gasteiger partial charge in [-0.3, -0.25) is 4.79 Å². The Morgan fingerprint density at radius 1 is 1.50 bits per heavy atom. The second-order valence-electron chi connectivity index (χ2n) is 5.04. The van der Waals surface area contributed by atoms with Gasteiger partial charge in [-0.15, -0.1) is 0 Å². The maximum Gasteiger partial charge on any atom is 0.257 e. The van der Waals surface area contributed by atoms with E-state index in [2.05, 4.69) is 11.8 Å². The second-order valence-corrected chi connectivity index (χ2v) is 5.04. The fourth-order valence-electron chi connectivity index (χ4n) is 2.47. The van der Waals surface area contributed by atoms with Crippen molar-refractivity contribution in [3.05, 3.63) is 35.1 Å². The number of rotatable bonds is 1. The number of amides is 1. The smallest absolute Gasteiger partial charge is 0.257 e. The SMILES string of the molecule is CC1CCCCN1C(=O)c1cc(C#CCN)ccc1F. The average Bonchev–Trinajstić information content (AvgIpc) is 2.46. The zero-order valence-electron chi connectivity index (χ0n) is 11.7. The number of nitrogens with two attached hydrogens (primary N) is 1. The fourth-order valence-corrected chi connectivity index (χ4v) is 2.47. The molecule has 0 bridgehead atoms. The molecule has 2 N–H and O–H groups in total. The van der Waals surface area contributed by atoms with Crippen LogP contribution in [0.4, 0.5) is 4.39 Å². The van der Waals surface area contributed by atoms with Crippen molar-refractivity contribution < 1.29 is 9.18 Å². The lowest BCUT2D eigenvalue weighted by Crippen LogP contribution is -2.42. The van der Waals surface area contributed by atoms with E-state index < -0.39 is 5.82 Å². The predicted octanol–water partition coefficient (Wildman–Crippen LogP) is 2.15. The number of carbonyl (C=O) groups excluding carboxylic acids is 1. The molecule has 2 rings (SSSR count). The van der Waals surface area contributed by atoms with E-state index in [0.717, 1.165) is 19.3 Å². The van der Waals surface area contributed by atoms with Gasteiger partial charge in [0.25, 0.3) is 5.91 Å². The van der Waals surface area contributed by atoms with E-state index >= 15 is 0 Å². The number of carbonyl (C=O) groups is 1. The van der Waals surface area contributed by atoms with Crippen LogP contribution in [0.2, 0.25) is 0 Å². The van der Waals surface area contributed by atoms with Gasteiger partial charge in [-0.05, 0) is 44.4 Å². The molecule has 1 atom stereocenters. The van der Waals surface area contributed by atoms with Crippen LogP contribution in [0.3, 0.4) is 0 Å². The molecule has 0 saturated carbocycles. The molecule has 1 aromatic rings. The Balaban J connectivity index is 2.28.